The van der Waals surface area contributed by atoms with Crippen molar-refractivity contribution < 1.29 is 14.3 Å². The van der Waals surface area contributed by atoms with E-state index in [4.69, 9.17) is 0 Å². The van der Waals surface area contributed by atoms with Crippen LogP contribution in [-0.4, -0.2) is 28.6 Å². The Balaban J connectivity index is 1.37. The summed E-state index contributed by atoms with van der Waals surface area (Å²) in [5, 5.41) is 12.3. The van der Waals surface area contributed by atoms with E-state index < -0.39 is 0 Å². The summed E-state index contributed by atoms with van der Waals surface area (Å²) < 4.78 is 13.9. The van der Waals surface area contributed by atoms with E-state index in [0.717, 1.165) is 37.7 Å². The molecule has 1 heterocycles. The molecule has 5 atom stereocenters. The standard InChI is InChI=1S/C28H33FN2O2/c1-3-21(16-32)31-27(33)18-5-6-22-17(12-18)4-7-24-23(22)10-11-28(2)25(8-9-26(24)28)19-13-20(29)15-30-14-19/h5-6,8,12-15,21,23-24,26,32H,3-4,7,9-11,16H2,1-2H3,(H,31,33)/t21-,23+,24+,26-,28+/m0/s1. The van der Waals surface area contributed by atoms with Gasteiger partial charge in [0.05, 0.1) is 18.8 Å². The van der Waals surface area contributed by atoms with Crippen molar-refractivity contribution in [3.8, 4) is 0 Å². The Bertz CT molecular complexity index is 1090. The van der Waals surface area contributed by atoms with Crippen molar-refractivity contribution in [2.75, 3.05) is 6.61 Å². The van der Waals surface area contributed by atoms with Gasteiger partial charge in [-0.3, -0.25) is 9.78 Å². The molecule has 0 radical (unpaired) electrons. The van der Waals surface area contributed by atoms with E-state index in [1.54, 1.807) is 12.3 Å². The Hall–Kier alpha value is -2.53. The minimum absolute atomic E-state index is 0.0429. The number of nitrogens with one attached hydrogen (secondary N) is 1. The van der Waals surface area contributed by atoms with Gasteiger partial charge in [0.25, 0.3) is 5.91 Å². The van der Waals surface area contributed by atoms with E-state index in [1.165, 1.54) is 22.9 Å². The van der Waals surface area contributed by atoms with Crippen LogP contribution >= 0.6 is 0 Å². The van der Waals surface area contributed by atoms with E-state index in [-0.39, 0.29) is 29.8 Å². The number of carbonyl (C=O) groups is 1. The molecule has 1 aromatic heterocycles. The first-order valence-corrected chi connectivity index (χ1v) is 12.3. The topological polar surface area (TPSA) is 62.2 Å². The lowest BCUT2D eigenvalue weighted by atomic mass is 9.54. The van der Waals surface area contributed by atoms with Gasteiger partial charge in [0.15, 0.2) is 0 Å². The van der Waals surface area contributed by atoms with E-state index in [9.17, 15) is 14.3 Å². The molecule has 5 heteroatoms. The van der Waals surface area contributed by atoms with E-state index in [0.29, 0.717) is 29.7 Å². The van der Waals surface area contributed by atoms with E-state index >= 15 is 0 Å². The van der Waals surface area contributed by atoms with Crippen LogP contribution in [0.3, 0.4) is 0 Å². The Morgan fingerprint density at radius 3 is 2.91 bits per heavy atom. The highest BCUT2D eigenvalue weighted by atomic mass is 19.1. The van der Waals surface area contributed by atoms with Gasteiger partial charge in [0.2, 0.25) is 0 Å². The number of allylic oxidation sites excluding steroid dienone is 2. The summed E-state index contributed by atoms with van der Waals surface area (Å²) in [7, 11) is 0. The van der Waals surface area contributed by atoms with E-state index in [1.807, 2.05) is 13.0 Å². The van der Waals surface area contributed by atoms with Crippen LogP contribution in [-0.2, 0) is 6.42 Å². The summed E-state index contributed by atoms with van der Waals surface area (Å²) in [6.07, 6.45) is 11.5. The molecule has 174 valence electrons. The summed E-state index contributed by atoms with van der Waals surface area (Å²) in [4.78, 5) is 16.8. The highest BCUT2D eigenvalue weighted by molar-refractivity contribution is 5.94. The molecule has 0 bridgehead atoms. The first-order valence-electron chi connectivity index (χ1n) is 12.3. The van der Waals surface area contributed by atoms with Crippen molar-refractivity contribution in [3.63, 3.8) is 0 Å². The minimum atomic E-state index is -0.273. The first kappa shape index (κ1) is 22.3. The molecule has 0 aliphatic heterocycles. The Kier molecular flexibility index (Phi) is 5.86. The van der Waals surface area contributed by atoms with Crippen LogP contribution in [0.25, 0.3) is 5.57 Å². The van der Waals surface area contributed by atoms with Crippen LogP contribution in [0.15, 0.2) is 42.7 Å². The third kappa shape index (κ3) is 3.80. The quantitative estimate of drug-likeness (QED) is 0.655. The zero-order valence-corrected chi connectivity index (χ0v) is 19.5. The van der Waals surface area contributed by atoms with Crippen LogP contribution in [0.5, 0.6) is 0 Å². The molecule has 1 saturated carbocycles. The highest BCUT2D eigenvalue weighted by Gasteiger charge is 2.52. The van der Waals surface area contributed by atoms with Crippen molar-refractivity contribution in [3.05, 3.63) is 70.8 Å². The van der Waals surface area contributed by atoms with Crippen molar-refractivity contribution in [1.82, 2.24) is 10.3 Å². The lowest BCUT2D eigenvalue weighted by Crippen LogP contribution is -2.41. The van der Waals surface area contributed by atoms with Gasteiger partial charge in [0.1, 0.15) is 5.82 Å². The van der Waals surface area contributed by atoms with Crippen molar-refractivity contribution in [2.45, 2.75) is 64.3 Å². The molecule has 2 aromatic rings. The third-order valence-corrected chi connectivity index (χ3v) is 8.63. The maximum atomic E-state index is 13.9. The van der Waals surface area contributed by atoms with Gasteiger partial charge in [-0.25, -0.2) is 4.39 Å². The number of hydrogen-bond donors (Lipinski definition) is 2. The van der Waals surface area contributed by atoms with Crippen molar-refractivity contribution in [1.29, 1.82) is 0 Å². The van der Waals surface area contributed by atoms with Crippen LogP contribution in [0, 0.1) is 23.1 Å². The summed E-state index contributed by atoms with van der Waals surface area (Å²) in [6.45, 7) is 4.28. The second-order valence-corrected chi connectivity index (χ2v) is 10.3. The minimum Gasteiger partial charge on any atom is -0.394 e. The molecule has 3 aliphatic rings. The fourth-order valence-corrected chi connectivity index (χ4v) is 6.84. The Morgan fingerprint density at radius 2 is 2.15 bits per heavy atom. The number of amides is 1. The Morgan fingerprint density at radius 1 is 1.30 bits per heavy atom. The van der Waals surface area contributed by atoms with Gasteiger partial charge in [-0.2, -0.15) is 0 Å². The second kappa shape index (κ2) is 8.68. The van der Waals surface area contributed by atoms with Gasteiger partial charge in [-0.15, -0.1) is 0 Å². The first-order chi connectivity index (χ1) is 15.9. The lowest BCUT2D eigenvalue weighted by Gasteiger charge is -2.50. The average molecular weight is 449 g/mol. The predicted molar refractivity (Wildman–Crippen MR) is 127 cm³/mol. The zero-order valence-electron chi connectivity index (χ0n) is 19.5. The number of aryl methyl sites for hydroxylation is 1. The number of fused-ring (bicyclic) bond motifs is 5. The van der Waals surface area contributed by atoms with Gasteiger partial charge >= 0.3 is 0 Å². The molecule has 4 nitrogen and oxygen atoms in total. The largest absolute Gasteiger partial charge is 0.394 e. The van der Waals surface area contributed by atoms with Crippen LogP contribution in [0.4, 0.5) is 4.39 Å². The number of aliphatic hydroxyl groups is 1. The fraction of sp³-hybridized carbons (Fsp3) is 0.500. The number of pyridine rings is 1. The van der Waals surface area contributed by atoms with Gasteiger partial charge in [0, 0.05) is 11.8 Å². The number of benzene rings is 1. The number of carbonyl (C=O) groups excluding carboxylic acids is 1. The fourth-order valence-electron chi connectivity index (χ4n) is 6.84. The van der Waals surface area contributed by atoms with Crippen LogP contribution < -0.4 is 5.32 Å². The number of aromatic nitrogens is 1. The number of hydrogen-bond acceptors (Lipinski definition) is 3. The number of rotatable bonds is 5. The number of aliphatic hydroxyl groups excluding tert-OH is 1. The van der Waals surface area contributed by atoms with Gasteiger partial charge in [-0.05, 0) is 102 Å². The molecule has 0 unspecified atom stereocenters. The third-order valence-electron chi connectivity index (χ3n) is 8.63. The maximum Gasteiger partial charge on any atom is 0.251 e. The SMILES string of the molecule is CC[C@@H](CO)NC(=O)c1ccc2c(c1)CC[C@@H]1[C@@H]2CC[C@]2(C)C(c3cncc(F)c3)=CC[C@@H]12. The average Bonchev–Trinajstić information content (AvgIpc) is 3.19. The summed E-state index contributed by atoms with van der Waals surface area (Å²) in [5.74, 6) is 1.30. The van der Waals surface area contributed by atoms with Crippen LogP contribution in [0.2, 0.25) is 0 Å². The molecule has 3 aliphatic carbocycles. The van der Waals surface area contributed by atoms with Crippen molar-refractivity contribution >= 4 is 11.5 Å². The molecular weight excluding hydrogens is 415 g/mol. The molecule has 0 saturated heterocycles. The maximum absolute atomic E-state index is 13.9. The molecule has 5 rings (SSSR count). The summed E-state index contributed by atoms with van der Waals surface area (Å²) in [6, 6.07) is 7.61. The molecule has 1 amide bonds. The Labute approximate surface area is 195 Å². The van der Waals surface area contributed by atoms with E-state index in [2.05, 4.69) is 35.4 Å². The smallest absolute Gasteiger partial charge is 0.251 e. The molecule has 1 aromatic carbocycles. The normalized spacial score (nSPS) is 28.8. The lowest BCUT2D eigenvalue weighted by molar-refractivity contribution is 0.0882. The van der Waals surface area contributed by atoms with Gasteiger partial charge < -0.3 is 10.4 Å². The molecular formula is C28H33FN2O2. The highest BCUT2D eigenvalue weighted by Crippen LogP contribution is 2.63. The zero-order chi connectivity index (χ0) is 23.2. The number of halogens is 1. The summed E-state index contributed by atoms with van der Waals surface area (Å²) >= 11 is 0. The van der Waals surface area contributed by atoms with Crippen LogP contribution in [0.1, 0.15) is 78.9 Å². The van der Waals surface area contributed by atoms with Gasteiger partial charge in [-0.1, -0.05) is 26.0 Å². The predicted octanol–water partition coefficient (Wildman–Crippen LogP) is 5.27. The summed E-state index contributed by atoms with van der Waals surface area (Å²) in [5.41, 5.74) is 5.64. The molecule has 1 fully saturated rings. The monoisotopic (exact) mass is 448 g/mol. The molecule has 2 N–H and O–H groups in total. The van der Waals surface area contributed by atoms with Crippen molar-refractivity contribution in [2.24, 2.45) is 17.3 Å². The number of nitrogens with zero attached hydrogens (tertiary/aromatic N) is 1. The second-order valence-electron chi connectivity index (χ2n) is 10.3. The molecule has 33 heavy (non-hydrogen) atoms. The molecule has 0 spiro atoms.